The molecule has 0 amide bonds. The van der Waals surface area contributed by atoms with Crippen molar-refractivity contribution in [2.45, 2.75) is 18.9 Å². The first kappa shape index (κ1) is 13.5. The molecule has 0 aliphatic rings. The fourth-order valence-corrected chi connectivity index (χ4v) is 3.04. The molecule has 3 nitrogen and oxygen atoms in total. The molecule has 16 heavy (non-hydrogen) atoms. The largest absolute Gasteiger partial charge is 0.468 e. The van der Waals surface area contributed by atoms with Crippen molar-refractivity contribution < 1.29 is 9.53 Å². The van der Waals surface area contributed by atoms with Crippen LogP contribution < -0.4 is 5.73 Å². The average molecular weight is 259 g/mol. The van der Waals surface area contributed by atoms with E-state index in [-0.39, 0.29) is 5.97 Å². The highest BCUT2D eigenvalue weighted by molar-refractivity contribution is 7.99. The molecule has 2 N–H and O–H groups in total. The standard InChI is InChI=1S/C11H17NO2S2/c1-14-11(13)10(12)5-8-15-7-4-9-3-2-6-16-9/h2-3,6,10H,4-5,7-8,12H2,1H3. The number of esters is 1. The van der Waals surface area contributed by atoms with Gasteiger partial charge in [0.1, 0.15) is 6.04 Å². The van der Waals surface area contributed by atoms with Crippen molar-refractivity contribution in [2.24, 2.45) is 5.73 Å². The third-order valence-corrected chi connectivity index (χ3v) is 4.10. The second-order valence-corrected chi connectivity index (χ2v) is 5.62. The van der Waals surface area contributed by atoms with Crippen LogP contribution in [0.5, 0.6) is 0 Å². The van der Waals surface area contributed by atoms with Gasteiger partial charge in [-0.2, -0.15) is 11.8 Å². The molecule has 1 rings (SSSR count). The van der Waals surface area contributed by atoms with Crippen molar-refractivity contribution in [3.8, 4) is 0 Å². The first-order valence-electron chi connectivity index (χ1n) is 5.17. The Morgan fingerprint density at radius 2 is 2.44 bits per heavy atom. The molecule has 1 unspecified atom stereocenters. The highest BCUT2D eigenvalue weighted by atomic mass is 32.2. The normalized spacial score (nSPS) is 12.4. The number of hydrogen-bond donors (Lipinski definition) is 1. The number of rotatable bonds is 7. The number of ether oxygens (including phenoxy) is 1. The van der Waals surface area contributed by atoms with Gasteiger partial charge in [0, 0.05) is 4.88 Å². The summed E-state index contributed by atoms with van der Waals surface area (Å²) in [6, 6.07) is 3.74. The van der Waals surface area contributed by atoms with Crippen LogP contribution in [0.4, 0.5) is 0 Å². The molecule has 0 spiro atoms. The number of thiophene rings is 1. The molecule has 5 heteroatoms. The van der Waals surface area contributed by atoms with Crippen LogP contribution in [0.25, 0.3) is 0 Å². The summed E-state index contributed by atoms with van der Waals surface area (Å²) in [6.45, 7) is 0. The van der Waals surface area contributed by atoms with Gasteiger partial charge >= 0.3 is 5.97 Å². The zero-order valence-electron chi connectivity index (χ0n) is 9.35. The van der Waals surface area contributed by atoms with Crippen LogP contribution in [0.15, 0.2) is 17.5 Å². The van der Waals surface area contributed by atoms with E-state index in [1.807, 2.05) is 11.8 Å². The lowest BCUT2D eigenvalue weighted by atomic mass is 10.2. The Bertz CT molecular complexity index is 301. The zero-order valence-corrected chi connectivity index (χ0v) is 11.0. The fourth-order valence-electron chi connectivity index (χ4n) is 1.21. The van der Waals surface area contributed by atoms with Crippen LogP contribution in [0.2, 0.25) is 0 Å². The summed E-state index contributed by atoms with van der Waals surface area (Å²) in [7, 11) is 1.37. The van der Waals surface area contributed by atoms with Gasteiger partial charge in [0.25, 0.3) is 0 Å². The van der Waals surface area contributed by atoms with E-state index >= 15 is 0 Å². The Hall–Kier alpha value is -0.520. The van der Waals surface area contributed by atoms with Gasteiger partial charge in [0.05, 0.1) is 7.11 Å². The molecule has 0 aliphatic heterocycles. The predicted octanol–water partition coefficient (Wildman–Crippen LogP) is 1.91. The van der Waals surface area contributed by atoms with Gasteiger partial charge in [-0.3, -0.25) is 4.79 Å². The molecular formula is C11H17NO2S2. The van der Waals surface area contributed by atoms with E-state index in [0.29, 0.717) is 6.42 Å². The summed E-state index contributed by atoms with van der Waals surface area (Å²) in [5, 5.41) is 2.09. The van der Waals surface area contributed by atoms with Gasteiger partial charge in [0.2, 0.25) is 0 Å². The Labute approximate surface area is 104 Å². The highest BCUT2D eigenvalue weighted by Crippen LogP contribution is 2.13. The minimum absolute atomic E-state index is 0.321. The number of carbonyl (C=O) groups excluding carboxylic acids is 1. The molecule has 90 valence electrons. The highest BCUT2D eigenvalue weighted by Gasteiger charge is 2.12. The summed E-state index contributed by atoms with van der Waals surface area (Å²) in [6.07, 6.45) is 1.78. The maximum atomic E-state index is 11.0. The average Bonchev–Trinajstić information content (AvgIpc) is 2.80. The Balaban J connectivity index is 2.02. The van der Waals surface area contributed by atoms with E-state index in [0.717, 1.165) is 17.9 Å². The van der Waals surface area contributed by atoms with Crippen molar-refractivity contribution in [1.82, 2.24) is 0 Å². The van der Waals surface area contributed by atoms with Crippen LogP contribution >= 0.6 is 23.1 Å². The molecule has 0 bridgehead atoms. The Morgan fingerprint density at radius 3 is 3.06 bits per heavy atom. The topological polar surface area (TPSA) is 52.3 Å². The van der Waals surface area contributed by atoms with Crippen LogP contribution in [-0.2, 0) is 16.0 Å². The monoisotopic (exact) mass is 259 g/mol. The lowest BCUT2D eigenvalue weighted by Gasteiger charge is -2.08. The van der Waals surface area contributed by atoms with E-state index in [9.17, 15) is 4.79 Å². The fraction of sp³-hybridized carbons (Fsp3) is 0.545. The molecule has 0 fully saturated rings. The lowest BCUT2D eigenvalue weighted by Crippen LogP contribution is -2.32. The van der Waals surface area contributed by atoms with Crippen molar-refractivity contribution >= 4 is 29.1 Å². The van der Waals surface area contributed by atoms with Crippen molar-refractivity contribution in [3.63, 3.8) is 0 Å². The molecule has 0 saturated heterocycles. The summed E-state index contributed by atoms with van der Waals surface area (Å²) in [5.41, 5.74) is 5.62. The molecule has 0 aromatic carbocycles. The lowest BCUT2D eigenvalue weighted by molar-refractivity contribution is -0.142. The minimum Gasteiger partial charge on any atom is -0.468 e. The first-order chi connectivity index (χ1) is 7.74. The number of hydrogen-bond acceptors (Lipinski definition) is 5. The van der Waals surface area contributed by atoms with Gasteiger partial charge in [-0.1, -0.05) is 6.07 Å². The van der Waals surface area contributed by atoms with Crippen LogP contribution in [0.3, 0.4) is 0 Å². The van der Waals surface area contributed by atoms with E-state index in [1.165, 1.54) is 12.0 Å². The van der Waals surface area contributed by atoms with E-state index < -0.39 is 6.04 Å². The molecule has 1 atom stereocenters. The number of aryl methyl sites for hydroxylation is 1. The molecule has 1 aromatic rings. The summed E-state index contributed by atoms with van der Waals surface area (Å²) >= 11 is 3.61. The van der Waals surface area contributed by atoms with Gasteiger partial charge in [0.15, 0.2) is 0 Å². The van der Waals surface area contributed by atoms with Gasteiger partial charge < -0.3 is 10.5 Å². The van der Waals surface area contributed by atoms with E-state index in [4.69, 9.17) is 5.73 Å². The number of nitrogens with two attached hydrogens (primary N) is 1. The second kappa shape index (κ2) is 7.70. The molecular weight excluding hydrogens is 242 g/mol. The number of methoxy groups -OCH3 is 1. The summed E-state index contributed by atoms with van der Waals surface area (Å²) in [5.74, 6) is 1.66. The van der Waals surface area contributed by atoms with Crippen LogP contribution in [-0.4, -0.2) is 30.6 Å². The SMILES string of the molecule is COC(=O)C(N)CCSCCc1cccs1. The third-order valence-electron chi connectivity index (χ3n) is 2.15. The van der Waals surface area contributed by atoms with E-state index in [2.05, 4.69) is 22.2 Å². The van der Waals surface area contributed by atoms with Crippen LogP contribution in [0.1, 0.15) is 11.3 Å². The summed E-state index contributed by atoms with van der Waals surface area (Å²) in [4.78, 5) is 12.4. The predicted molar refractivity (Wildman–Crippen MR) is 70.0 cm³/mol. The molecule has 0 aliphatic carbocycles. The molecule has 0 saturated carbocycles. The molecule has 1 aromatic heterocycles. The smallest absolute Gasteiger partial charge is 0.322 e. The first-order valence-corrected chi connectivity index (χ1v) is 7.21. The van der Waals surface area contributed by atoms with Gasteiger partial charge in [-0.25, -0.2) is 0 Å². The zero-order chi connectivity index (χ0) is 11.8. The van der Waals surface area contributed by atoms with E-state index in [1.54, 1.807) is 11.3 Å². The second-order valence-electron chi connectivity index (χ2n) is 3.36. The third kappa shape index (κ3) is 5.01. The quantitative estimate of drug-likeness (QED) is 0.600. The van der Waals surface area contributed by atoms with Crippen molar-refractivity contribution in [3.05, 3.63) is 22.4 Å². The Kier molecular flexibility index (Phi) is 6.52. The molecule has 1 heterocycles. The van der Waals surface area contributed by atoms with Crippen LogP contribution in [0, 0.1) is 0 Å². The molecule has 0 radical (unpaired) electrons. The van der Waals surface area contributed by atoms with Crippen molar-refractivity contribution in [2.75, 3.05) is 18.6 Å². The summed E-state index contributed by atoms with van der Waals surface area (Å²) < 4.78 is 4.56. The van der Waals surface area contributed by atoms with Gasteiger partial charge in [-0.15, -0.1) is 11.3 Å². The van der Waals surface area contributed by atoms with Gasteiger partial charge in [-0.05, 0) is 35.8 Å². The maximum absolute atomic E-state index is 11.0. The van der Waals surface area contributed by atoms with Crippen molar-refractivity contribution in [1.29, 1.82) is 0 Å². The number of thioether (sulfide) groups is 1. The minimum atomic E-state index is -0.473. The number of carbonyl (C=O) groups is 1. The Morgan fingerprint density at radius 1 is 1.62 bits per heavy atom. The maximum Gasteiger partial charge on any atom is 0.322 e.